The van der Waals surface area contributed by atoms with Crippen molar-refractivity contribution in [3.05, 3.63) is 29.8 Å². The Labute approximate surface area is 173 Å². The molecule has 0 aliphatic heterocycles. The Hall–Kier alpha value is -2.15. The van der Waals surface area contributed by atoms with Gasteiger partial charge < -0.3 is 10.1 Å². The number of hydrogen-bond donors (Lipinski definition) is 3. The van der Waals surface area contributed by atoms with Gasteiger partial charge >= 0.3 is 0 Å². The summed E-state index contributed by atoms with van der Waals surface area (Å²) in [5.74, 6) is 0.582. The molecule has 0 saturated heterocycles. The summed E-state index contributed by atoms with van der Waals surface area (Å²) in [6.07, 6.45) is 6.88. The fourth-order valence-electron chi connectivity index (χ4n) is 2.55. The van der Waals surface area contributed by atoms with Gasteiger partial charge in [-0.15, -0.1) is 0 Å². The molecule has 0 aliphatic carbocycles. The summed E-state index contributed by atoms with van der Waals surface area (Å²) in [5.41, 5.74) is 6.17. The molecule has 3 N–H and O–H groups in total. The van der Waals surface area contributed by atoms with Crippen molar-refractivity contribution < 1.29 is 14.3 Å². The number of carbonyl (C=O) groups excluding carboxylic acids is 2. The van der Waals surface area contributed by atoms with Gasteiger partial charge in [0.05, 0.1) is 0 Å². The zero-order chi connectivity index (χ0) is 20.8. The number of carbonyl (C=O) groups is 2. The maximum Gasteiger partial charge on any atom is 0.276 e. The van der Waals surface area contributed by atoms with E-state index in [1.165, 1.54) is 18.4 Å². The molecule has 0 aromatic heterocycles. The number of nitrogens with one attached hydrogen (secondary N) is 3. The van der Waals surface area contributed by atoms with Crippen LogP contribution in [-0.2, 0) is 9.59 Å². The Balaban J connectivity index is 2.20. The minimum atomic E-state index is -0.387. The predicted octanol–water partition coefficient (Wildman–Crippen LogP) is 3.96. The van der Waals surface area contributed by atoms with E-state index in [2.05, 4.69) is 36.9 Å². The van der Waals surface area contributed by atoms with Crippen LogP contribution in [0.3, 0.4) is 0 Å². The molecule has 1 aromatic carbocycles. The normalized spacial score (nSPS) is 11.4. The highest BCUT2D eigenvalue weighted by Gasteiger charge is 2.07. The summed E-state index contributed by atoms with van der Waals surface area (Å²) in [6.45, 7) is 6.32. The molecule has 0 unspecified atom stereocenters. The van der Waals surface area contributed by atoms with Gasteiger partial charge in [-0.1, -0.05) is 58.6 Å². The van der Waals surface area contributed by atoms with Crippen LogP contribution in [0.1, 0.15) is 77.2 Å². The third-order valence-corrected chi connectivity index (χ3v) is 4.71. The Bertz CT molecular complexity index is 620. The van der Waals surface area contributed by atoms with Gasteiger partial charge in [0.25, 0.3) is 5.91 Å². The molecule has 7 heteroatoms. The molecule has 1 aromatic rings. The Kier molecular flexibility index (Phi) is 11.9. The van der Waals surface area contributed by atoms with Crippen LogP contribution in [0.15, 0.2) is 24.3 Å². The van der Waals surface area contributed by atoms with Crippen molar-refractivity contribution in [1.29, 1.82) is 0 Å². The maximum absolute atomic E-state index is 11.8. The zero-order valence-electron chi connectivity index (χ0n) is 17.2. The molecule has 2 amide bonds. The molecule has 0 radical (unpaired) electrons. The van der Waals surface area contributed by atoms with E-state index in [0.717, 1.165) is 25.7 Å². The summed E-state index contributed by atoms with van der Waals surface area (Å²) >= 11 is 5.00. The monoisotopic (exact) mass is 407 g/mol. The number of rotatable bonds is 11. The molecule has 1 atom stereocenters. The number of unbranched alkanes of at least 4 members (excludes halogenated alkanes) is 4. The standard InChI is InChI=1S/C21H33N3O3S/c1-4-6-7-8-9-10-19(25)22-21(28)24-23-20(26)15-27-18-13-11-17(12-14-18)16(3)5-2/h11-14,16H,4-10,15H2,1-3H3,(H,23,26)(H2,22,24,25,28)/t16-/m1/s1. The highest BCUT2D eigenvalue weighted by Crippen LogP contribution is 2.21. The molecule has 1 rings (SSSR count). The summed E-state index contributed by atoms with van der Waals surface area (Å²) in [7, 11) is 0. The van der Waals surface area contributed by atoms with Crippen LogP contribution in [0.25, 0.3) is 0 Å². The maximum atomic E-state index is 11.8. The van der Waals surface area contributed by atoms with Crippen LogP contribution in [0.4, 0.5) is 0 Å². The molecule has 0 aliphatic rings. The summed E-state index contributed by atoms with van der Waals surface area (Å²) in [4.78, 5) is 23.6. The second-order valence-corrected chi connectivity index (χ2v) is 7.29. The lowest BCUT2D eigenvalue weighted by atomic mass is 9.99. The number of ether oxygens (including phenoxy) is 1. The van der Waals surface area contributed by atoms with Crippen LogP contribution >= 0.6 is 12.2 Å². The van der Waals surface area contributed by atoms with Gasteiger partial charge in [0.15, 0.2) is 11.7 Å². The van der Waals surface area contributed by atoms with Gasteiger partial charge in [-0.3, -0.25) is 20.4 Å². The van der Waals surface area contributed by atoms with Crippen molar-refractivity contribution in [3.63, 3.8) is 0 Å². The average molecular weight is 408 g/mol. The van der Waals surface area contributed by atoms with Gasteiger partial charge in [0.2, 0.25) is 5.91 Å². The molecular weight excluding hydrogens is 374 g/mol. The predicted molar refractivity (Wildman–Crippen MR) is 116 cm³/mol. The van der Waals surface area contributed by atoms with E-state index in [9.17, 15) is 9.59 Å². The van der Waals surface area contributed by atoms with Gasteiger partial charge in [0.1, 0.15) is 5.75 Å². The first kappa shape index (κ1) is 23.9. The fourth-order valence-corrected chi connectivity index (χ4v) is 2.71. The summed E-state index contributed by atoms with van der Waals surface area (Å²) < 4.78 is 5.45. The molecule has 28 heavy (non-hydrogen) atoms. The van der Waals surface area contributed by atoms with Crippen LogP contribution < -0.4 is 20.9 Å². The molecule has 156 valence electrons. The third kappa shape index (κ3) is 10.3. The van der Waals surface area contributed by atoms with Crippen molar-refractivity contribution in [3.8, 4) is 5.75 Å². The Morgan fingerprint density at radius 1 is 1.00 bits per heavy atom. The van der Waals surface area contributed by atoms with E-state index in [4.69, 9.17) is 17.0 Å². The molecule has 0 saturated carbocycles. The number of hydrazine groups is 1. The minimum absolute atomic E-state index is 0.0739. The number of amides is 2. The summed E-state index contributed by atoms with van der Waals surface area (Å²) in [6, 6.07) is 7.72. The Morgan fingerprint density at radius 2 is 1.68 bits per heavy atom. The lowest BCUT2D eigenvalue weighted by Gasteiger charge is -2.12. The van der Waals surface area contributed by atoms with Gasteiger partial charge in [0, 0.05) is 6.42 Å². The Morgan fingerprint density at radius 3 is 2.32 bits per heavy atom. The zero-order valence-corrected chi connectivity index (χ0v) is 18.0. The molecule has 0 spiro atoms. The third-order valence-electron chi connectivity index (χ3n) is 4.51. The van der Waals surface area contributed by atoms with Crippen molar-refractivity contribution in [2.75, 3.05) is 6.61 Å². The second kappa shape index (κ2) is 13.9. The van der Waals surface area contributed by atoms with E-state index < -0.39 is 0 Å². The average Bonchev–Trinajstić information content (AvgIpc) is 2.70. The topological polar surface area (TPSA) is 79.5 Å². The molecule has 0 bridgehead atoms. The van der Waals surface area contributed by atoms with Crippen molar-refractivity contribution in [2.24, 2.45) is 0 Å². The van der Waals surface area contributed by atoms with Crippen molar-refractivity contribution in [1.82, 2.24) is 16.2 Å². The first-order valence-electron chi connectivity index (χ1n) is 10.1. The summed E-state index contributed by atoms with van der Waals surface area (Å²) in [5, 5.41) is 2.62. The first-order chi connectivity index (χ1) is 13.5. The quantitative estimate of drug-likeness (QED) is 0.294. The lowest BCUT2D eigenvalue weighted by molar-refractivity contribution is -0.124. The highest BCUT2D eigenvalue weighted by molar-refractivity contribution is 7.80. The second-order valence-electron chi connectivity index (χ2n) is 6.88. The van der Waals surface area contributed by atoms with E-state index in [1.807, 2.05) is 24.3 Å². The van der Waals surface area contributed by atoms with Crippen LogP contribution in [0, 0.1) is 0 Å². The number of hydrogen-bond acceptors (Lipinski definition) is 4. The van der Waals surface area contributed by atoms with E-state index >= 15 is 0 Å². The number of benzene rings is 1. The molecular formula is C21H33N3O3S. The minimum Gasteiger partial charge on any atom is -0.484 e. The first-order valence-corrected chi connectivity index (χ1v) is 10.5. The molecule has 0 fully saturated rings. The van der Waals surface area contributed by atoms with E-state index in [0.29, 0.717) is 18.1 Å². The molecule has 0 heterocycles. The largest absolute Gasteiger partial charge is 0.484 e. The SMILES string of the molecule is CCCCCCCC(=O)NC(=S)NNC(=O)COc1ccc([C@H](C)CC)cc1. The van der Waals surface area contributed by atoms with E-state index in [-0.39, 0.29) is 23.5 Å². The van der Waals surface area contributed by atoms with Crippen LogP contribution in [0.2, 0.25) is 0 Å². The lowest BCUT2D eigenvalue weighted by Crippen LogP contribution is -2.49. The smallest absolute Gasteiger partial charge is 0.276 e. The number of thiocarbonyl (C=S) groups is 1. The van der Waals surface area contributed by atoms with Crippen molar-refractivity contribution in [2.45, 2.75) is 71.6 Å². The fraction of sp³-hybridized carbons (Fsp3) is 0.571. The van der Waals surface area contributed by atoms with Crippen molar-refractivity contribution >= 4 is 29.1 Å². The van der Waals surface area contributed by atoms with Crippen LogP contribution in [0.5, 0.6) is 5.75 Å². The van der Waals surface area contributed by atoms with Gasteiger partial charge in [-0.25, -0.2) is 0 Å². The van der Waals surface area contributed by atoms with Gasteiger partial charge in [-0.05, 0) is 48.7 Å². The van der Waals surface area contributed by atoms with Crippen LogP contribution in [-0.4, -0.2) is 23.5 Å². The highest BCUT2D eigenvalue weighted by atomic mass is 32.1. The van der Waals surface area contributed by atoms with E-state index in [1.54, 1.807) is 0 Å². The van der Waals surface area contributed by atoms with Gasteiger partial charge in [-0.2, -0.15) is 0 Å². The molecule has 6 nitrogen and oxygen atoms in total.